The monoisotopic (exact) mass is 317 g/mol. The van der Waals surface area contributed by atoms with E-state index in [0.717, 1.165) is 16.9 Å². The number of rotatable bonds is 7. The molecule has 116 valence electrons. The van der Waals surface area contributed by atoms with Crippen molar-refractivity contribution in [3.05, 3.63) is 57.3 Å². The summed E-state index contributed by atoms with van der Waals surface area (Å²) in [6.45, 7) is 2.69. The van der Waals surface area contributed by atoms with E-state index < -0.39 is 5.97 Å². The number of hydrogen-bond donors (Lipinski definition) is 2. The Morgan fingerprint density at radius 3 is 2.36 bits per heavy atom. The van der Waals surface area contributed by atoms with Crippen LogP contribution in [0.3, 0.4) is 0 Å². The fourth-order valence-corrected chi connectivity index (χ4v) is 2.95. The Kier molecular flexibility index (Phi) is 5.72. The number of nitrogens with one attached hydrogen (secondary N) is 1. The third kappa shape index (κ3) is 4.70. The van der Waals surface area contributed by atoms with Crippen molar-refractivity contribution in [2.75, 3.05) is 0 Å². The van der Waals surface area contributed by atoms with Crippen molar-refractivity contribution in [2.24, 2.45) is 0 Å². The lowest BCUT2D eigenvalue weighted by atomic mass is 10.1. The van der Waals surface area contributed by atoms with Crippen LogP contribution in [-0.4, -0.2) is 17.0 Å². The predicted octanol–water partition coefficient (Wildman–Crippen LogP) is 3.26. The first-order valence-corrected chi connectivity index (χ1v) is 8.06. The first-order valence-electron chi connectivity index (χ1n) is 7.25. The van der Waals surface area contributed by atoms with Gasteiger partial charge in [0.15, 0.2) is 0 Å². The molecule has 22 heavy (non-hydrogen) atoms. The van der Waals surface area contributed by atoms with Crippen molar-refractivity contribution in [3.8, 4) is 0 Å². The van der Waals surface area contributed by atoms with E-state index in [2.05, 4.69) is 24.4 Å². The number of thiophene rings is 1. The molecule has 0 saturated carbocycles. The molecule has 0 atom stereocenters. The summed E-state index contributed by atoms with van der Waals surface area (Å²) in [5.74, 6) is -0.930. The lowest BCUT2D eigenvalue weighted by Crippen LogP contribution is -2.22. The maximum absolute atomic E-state index is 11.8. The second kappa shape index (κ2) is 7.75. The fraction of sp³-hybridized carbons (Fsp3) is 0.294. The van der Waals surface area contributed by atoms with Gasteiger partial charge in [0.2, 0.25) is 5.91 Å². The van der Waals surface area contributed by atoms with Gasteiger partial charge in [0.05, 0.1) is 12.1 Å². The molecule has 2 aromatic rings. The standard InChI is InChI=1S/C17H19NO3S/c1-2-14-8-9-15(22-14)11-18-16(19)10-5-12-3-6-13(7-4-12)17(20)21/h3-4,6-9H,2,5,10-11H2,1H3,(H,18,19)(H,20,21). The summed E-state index contributed by atoms with van der Waals surface area (Å²) >= 11 is 1.72. The van der Waals surface area contributed by atoms with Gasteiger partial charge in [-0.3, -0.25) is 4.79 Å². The fourth-order valence-electron chi connectivity index (χ4n) is 2.05. The molecular weight excluding hydrogens is 298 g/mol. The summed E-state index contributed by atoms with van der Waals surface area (Å²) in [7, 11) is 0. The molecule has 0 unspecified atom stereocenters. The van der Waals surface area contributed by atoms with Gasteiger partial charge in [-0.1, -0.05) is 19.1 Å². The molecule has 0 fully saturated rings. The van der Waals surface area contributed by atoms with Crippen molar-refractivity contribution in [2.45, 2.75) is 32.7 Å². The molecule has 1 heterocycles. The lowest BCUT2D eigenvalue weighted by molar-refractivity contribution is -0.121. The van der Waals surface area contributed by atoms with E-state index in [-0.39, 0.29) is 11.5 Å². The topological polar surface area (TPSA) is 66.4 Å². The molecule has 1 aromatic heterocycles. The second-order valence-electron chi connectivity index (χ2n) is 5.00. The van der Waals surface area contributed by atoms with Crippen LogP contribution in [-0.2, 0) is 24.2 Å². The van der Waals surface area contributed by atoms with Gasteiger partial charge in [-0.25, -0.2) is 4.79 Å². The average Bonchev–Trinajstić information content (AvgIpc) is 2.99. The van der Waals surface area contributed by atoms with Crippen LogP contribution in [0.15, 0.2) is 36.4 Å². The Hall–Kier alpha value is -2.14. The number of aromatic carboxylic acids is 1. The highest BCUT2D eigenvalue weighted by molar-refractivity contribution is 7.11. The van der Waals surface area contributed by atoms with Gasteiger partial charge >= 0.3 is 5.97 Å². The Balaban J connectivity index is 1.76. The molecule has 0 aliphatic heterocycles. The third-order valence-corrected chi connectivity index (χ3v) is 4.60. The molecule has 0 radical (unpaired) electrons. The molecular formula is C17H19NO3S. The van der Waals surface area contributed by atoms with Crippen LogP contribution in [0.4, 0.5) is 0 Å². The normalized spacial score (nSPS) is 10.4. The smallest absolute Gasteiger partial charge is 0.335 e. The quantitative estimate of drug-likeness (QED) is 0.823. The molecule has 5 heteroatoms. The Morgan fingerprint density at radius 1 is 1.09 bits per heavy atom. The van der Waals surface area contributed by atoms with E-state index in [4.69, 9.17) is 5.11 Å². The maximum Gasteiger partial charge on any atom is 0.335 e. The van der Waals surface area contributed by atoms with Gasteiger partial charge in [-0.15, -0.1) is 11.3 Å². The number of aryl methyl sites for hydroxylation is 2. The number of carbonyl (C=O) groups is 2. The summed E-state index contributed by atoms with van der Waals surface area (Å²) in [5, 5.41) is 11.7. The van der Waals surface area contributed by atoms with Crippen LogP contribution in [0.2, 0.25) is 0 Å². The lowest BCUT2D eigenvalue weighted by Gasteiger charge is -2.04. The Bertz CT molecular complexity index is 646. The summed E-state index contributed by atoms with van der Waals surface area (Å²) in [6.07, 6.45) is 2.03. The van der Waals surface area contributed by atoms with Crippen LogP contribution in [0.5, 0.6) is 0 Å². The molecule has 0 aliphatic rings. The number of benzene rings is 1. The summed E-state index contributed by atoms with van der Waals surface area (Å²) in [5.41, 5.74) is 1.22. The van der Waals surface area contributed by atoms with Crippen molar-refractivity contribution in [3.63, 3.8) is 0 Å². The molecule has 2 rings (SSSR count). The minimum atomic E-state index is -0.938. The predicted molar refractivity (Wildman–Crippen MR) is 87.3 cm³/mol. The van der Waals surface area contributed by atoms with E-state index in [1.807, 2.05) is 0 Å². The van der Waals surface area contributed by atoms with Crippen molar-refractivity contribution in [1.29, 1.82) is 0 Å². The molecule has 0 bridgehead atoms. The highest BCUT2D eigenvalue weighted by atomic mass is 32.1. The van der Waals surface area contributed by atoms with Gasteiger partial charge < -0.3 is 10.4 Å². The van der Waals surface area contributed by atoms with Crippen LogP contribution in [0.25, 0.3) is 0 Å². The van der Waals surface area contributed by atoms with E-state index >= 15 is 0 Å². The van der Waals surface area contributed by atoms with Gasteiger partial charge in [0.1, 0.15) is 0 Å². The zero-order valence-corrected chi connectivity index (χ0v) is 13.3. The molecule has 1 amide bonds. The van der Waals surface area contributed by atoms with Crippen molar-refractivity contribution >= 4 is 23.2 Å². The van der Waals surface area contributed by atoms with Crippen LogP contribution >= 0.6 is 11.3 Å². The van der Waals surface area contributed by atoms with Gasteiger partial charge in [-0.2, -0.15) is 0 Å². The van der Waals surface area contributed by atoms with Gasteiger partial charge in [0.25, 0.3) is 0 Å². The number of carbonyl (C=O) groups excluding carboxylic acids is 1. The van der Waals surface area contributed by atoms with Crippen molar-refractivity contribution < 1.29 is 14.7 Å². The first-order chi connectivity index (χ1) is 10.6. The Morgan fingerprint density at radius 2 is 1.77 bits per heavy atom. The zero-order valence-electron chi connectivity index (χ0n) is 12.5. The molecule has 0 spiro atoms. The molecule has 1 aromatic carbocycles. The summed E-state index contributed by atoms with van der Waals surface area (Å²) in [6, 6.07) is 10.8. The van der Waals surface area contributed by atoms with E-state index in [0.29, 0.717) is 19.4 Å². The first kappa shape index (κ1) is 16.2. The minimum absolute atomic E-state index is 0.00811. The maximum atomic E-state index is 11.8. The Labute approximate surface area is 133 Å². The highest BCUT2D eigenvalue weighted by Gasteiger charge is 2.05. The van der Waals surface area contributed by atoms with E-state index in [9.17, 15) is 9.59 Å². The van der Waals surface area contributed by atoms with Gasteiger partial charge in [-0.05, 0) is 42.7 Å². The van der Waals surface area contributed by atoms with Crippen LogP contribution in [0, 0.1) is 0 Å². The van der Waals surface area contributed by atoms with E-state index in [1.165, 1.54) is 4.88 Å². The number of amides is 1. The average molecular weight is 317 g/mol. The van der Waals surface area contributed by atoms with E-state index in [1.54, 1.807) is 35.6 Å². The summed E-state index contributed by atoms with van der Waals surface area (Å²) in [4.78, 5) is 25.1. The number of carboxylic acids is 1. The summed E-state index contributed by atoms with van der Waals surface area (Å²) < 4.78 is 0. The molecule has 4 nitrogen and oxygen atoms in total. The number of carboxylic acid groups (broad SMARTS) is 1. The van der Waals surface area contributed by atoms with Crippen molar-refractivity contribution in [1.82, 2.24) is 5.32 Å². The minimum Gasteiger partial charge on any atom is -0.478 e. The molecule has 2 N–H and O–H groups in total. The number of hydrogen-bond acceptors (Lipinski definition) is 3. The SMILES string of the molecule is CCc1ccc(CNC(=O)CCc2ccc(C(=O)O)cc2)s1. The van der Waals surface area contributed by atoms with Crippen LogP contribution < -0.4 is 5.32 Å². The highest BCUT2D eigenvalue weighted by Crippen LogP contribution is 2.16. The van der Waals surface area contributed by atoms with Gasteiger partial charge in [0, 0.05) is 16.2 Å². The molecule has 0 saturated heterocycles. The zero-order chi connectivity index (χ0) is 15.9. The molecule has 0 aliphatic carbocycles. The largest absolute Gasteiger partial charge is 0.478 e. The third-order valence-electron chi connectivity index (χ3n) is 3.37. The van der Waals surface area contributed by atoms with Crippen LogP contribution in [0.1, 0.15) is 39.0 Å². The second-order valence-corrected chi connectivity index (χ2v) is 6.25.